The highest BCUT2D eigenvalue weighted by molar-refractivity contribution is 8.00. The lowest BCUT2D eigenvalue weighted by molar-refractivity contribution is -0.384. The topological polar surface area (TPSA) is 103 Å². The van der Waals surface area contributed by atoms with Crippen molar-refractivity contribution < 1.29 is 13.3 Å². The Morgan fingerprint density at radius 1 is 1.47 bits per heavy atom. The lowest BCUT2D eigenvalue weighted by atomic mass is 10.3. The fraction of sp³-hybridized carbons (Fsp3) is 0.333. The lowest BCUT2D eigenvalue weighted by Crippen LogP contribution is -2.05. The summed E-state index contributed by atoms with van der Waals surface area (Å²) in [4.78, 5) is 10.6. The Hall–Kier alpha value is -1.28. The van der Waals surface area contributed by atoms with Crippen LogP contribution in [0.1, 0.15) is 0 Å². The Morgan fingerprint density at radius 2 is 2.12 bits per heavy atom. The molecule has 6 nitrogen and oxygen atoms in total. The summed E-state index contributed by atoms with van der Waals surface area (Å²) in [6, 6.07) is 4.14. The van der Waals surface area contributed by atoms with Crippen LogP contribution in [0.5, 0.6) is 0 Å². The molecule has 0 saturated carbocycles. The van der Waals surface area contributed by atoms with Crippen molar-refractivity contribution in [3.05, 3.63) is 28.3 Å². The number of nitrogens with two attached hydrogens (primary N) is 1. The van der Waals surface area contributed by atoms with Gasteiger partial charge in [-0.25, -0.2) is 8.42 Å². The van der Waals surface area contributed by atoms with E-state index in [1.54, 1.807) is 0 Å². The number of benzene rings is 1. The lowest BCUT2D eigenvalue weighted by Gasteiger charge is -2.04. The summed E-state index contributed by atoms with van der Waals surface area (Å²) in [5, 5.41) is 10.5. The van der Waals surface area contributed by atoms with Crippen molar-refractivity contribution in [2.45, 2.75) is 4.90 Å². The molecule has 0 saturated heterocycles. The molecule has 8 heteroatoms. The number of nitrogen functional groups attached to an aromatic ring is 1. The van der Waals surface area contributed by atoms with E-state index in [0.717, 1.165) is 6.26 Å². The average molecular weight is 276 g/mol. The van der Waals surface area contributed by atoms with Crippen molar-refractivity contribution in [2.75, 3.05) is 23.5 Å². The molecule has 0 bridgehead atoms. The van der Waals surface area contributed by atoms with Gasteiger partial charge in [-0.05, 0) is 6.07 Å². The molecular formula is C9H12N2O4S2. The zero-order chi connectivity index (χ0) is 13.1. The van der Waals surface area contributed by atoms with E-state index in [1.807, 2.05) is 0 Å². The zero-order valence-electron chi connectivity index (χ0n) is 9.12. The van der Waals surface area contributed by atoms with E-state index in [9.17, 15) is 18.5 Å². The summed E-state index contributed by atoms with van der Waals surface area (Å²) in [6.07, 6.45) is 1.16. The summed E-state index contributed by atoms with van der Waals surface area (Å²) in [7, 11) is -3.00. The van der Waals surface area contributed by atoms with Crippen LogP contribution < -0.4 is 5.73 Å². The minimum absolute atomic E-state index is 0.0497. The second-order valence-electron chi connectivity index (χ2n) is 3.46. The number of hydrogen-bond acceptors (Lipinski definition) is 6. The predicted molar refractivity (Wildman–Crippen MR) is 67.9 cm³/mol. The number of nitro benzene ring substituents is 1. The summed E-state index contributed by atoms with van der Waals surface area (Å²) >= 11 is 1.27. The van der Waals surface area contributed by atoms with Crippen LogP contribution in [0.4, 0.5) is 11.4 Å². The van der Waals surface area contributed by atoms with Crippen molar-refractivity contribution in [3.63, 3.8) is 0 Å². The first-order chi connectivity index (χ1) is 7.79. The van der Waals surface area contributed by atoms with Gasteiger partial charge in [-0.15, -0.1) is 11.8 Å². The molecule has 2 N–H and O–H groups in total. The van der Waals surface area contributed by atoms with Crippen LogP contribution in [0.3, 0.4) is 0 Å². The third-order valence-electron chi connectivity index (χ3n) is 1.92. The minimum Gasteiger partial charge on any atom is -0.398 e. The first-order valence-electron chi connectivity index (χ1n) is 4.64. The highest BCUT2D eigenvalue weighted by atomic mass is 32.2. The zero-order valence-corrected chi connectivity index (χ0v) is 10.8. The van der Waals surface area contributed by atoms with Gasteiger partial charge in [0.05, 0.1) is 16.4 Å². The van der Waals surface area contributed by atoms with Gasteiger partial charge in [-0.3, -0.25) is 10.1 Å². The maximum Gasteiger partial charge on any atom is 0.271 e. The molecule has 0 aliphatic rings. The van der Waals surface area contributed by atoms with Crippen molar-refractivity contribution in [1.82, 2.24) is 0 Å². The molecule has 0 fully saturated rings. The maximum absolute atomic E-state index is 10.9. The molecule has 17 heavy (non-hydrogen) atoms. The fourth-order valence-corrected chi connectivity index (χ4v) is 3.24. The molecule has 0 radical (unpaired) electrons. The third kappa shape index (κ3) is 4.61. The van der Waals surface area contributed by atoms with E-state index in [2.05, 4.69) is 0 Å². The first kappa shape index (κ1) is 13.8. The molecule has 0 atom stereocenters. The van der Waals surface area contributed by atoms with Gasteiger partial charge in [0.1, 0.15) is 9.84 Å². The smallest absolute Gasteiger partial charge is 0.271 e. The van der Waals surface area contributed by atoms with Crippen LogP contribution in [0.15, 0.2) is 23.1 Å². The van der Waals surface area contributed by atoms with Crippen LogP contribution in [-0.4, -0.2) is 31.1 Å². The standard InChI is InChI=1S/C9H12N2O4S2/c1-17(14,15)5-4-16-9-3-2-7(11(12)13)6-8(9)10/h2-3,6H,4-5,10H2,1H3. The van der Waals surface area contributed by atoms with Crippen molar-refractivity contribution >= 4 is 33.0 Å². The van der Waals surface area contributed by atoms with Crippen LogP contribution in [0.2, 0.25) is 0 Å². The minimum atomic E-state index is -3.00. The Morgan fingerprint density at radius 3 is 2.59 bits per heavy atom. The van der Waals surface area contributed by atoms with Gasteiger partial charge in [-0.1, -0.05) is 0 Å². The molecule has 94 valence electrons. The first-order valence-corrected chi connectivity index (χ1v) is 7.68. The molecule has 0 heterocycles. The van der Waals surface area contributed by atoms with Crippen molar-refractivity contribution in [2.24, 2.45) is 0 Å². The van der Waals surface area contributed by atoms with Gasteiger partial charge in [0.15, 0.2) is 0 Å². The van der Waals surface area contributed by atoms with Gasteiger partial charge in [-0.2, -0.15) is 0 Å². The van der Waals surface area contributed by atoms with Crippen LogP contribution in [-0.2, 0) is 9.84 Å². The Balaban J connectivity index is 2.70. The Bertz CT molecular complexity index is 528. The monoisotopic (exact) mass is 276 g/mol. The number of nitrogens with zero attached hydrogens (tertiary/aromatic N) is 1. The second kappa shape index (κ2) is 5.37. The molecule has 1 aromatic rings. The molecule has 0 amide bonds. The van der Waals surface area contributed by atoms with E-state index in [1.165, 1.54) is 30.0 Å². The molecular weight excluding hydrogens is 264 g/mol. The number of non-ortho nitro benzene ring substituents is 1. The largest absolute Gasteiger partial charge is 0.398 e. The molecule has 0 aliphatic heterocycles. The SMILES string of the molecule is CS(=O)(=O)CCSc1ccc([N+](=O)[O-])cc1N. The van der Waals surface area contributed by atoms with Crippen molar-refractivity contribution in [3.8, 4) is 0 Å². The number of thioether (sulfide) groups is 1. The van der Waals surface area contributed by atoms with Gasteiger partial charge in [0.25, 0.3) is 5.69 Å². The summed E-state index contributed by atoms with van der Waals surface area (Å²) in [5.74, 6) is 0.426. The number of rotatable bonds is 5. The third-order valence-corrected chi connectivity index (χ3v) is 4.21. The van der Waals surface area contributed by atoms with E-state index >= 15 is 0 Å². The van der Waals surface area contributed by atoms with Gasteiger partial charge in [0.2, 0.25) is 0 Å². The van der Waals surface area contributed by atoms with Crippen LogP contribution in [0, 0.1) is 10.1 Å². The molecule has 0 aliphatic carbocycles. The van der Waals surface area contributed by atoms with Gasteiger partial charge in [0, 0.05) is 29.0 Å². The molecule has 0 spiro atoms. The van der Waals surface area contributed by atoms with Crippen LogP contribution in [0.25, 0.3) is 0 Å². The van der Waals surface area contributed by atoms with Crippen LogP contribution >= 0.6 is 11.8 Å². The molecule has 0 unspecified atom stereocenters. The highest BCUT2D eigenvalue weighted by Gasteiger charge is 2.10. The van der Waals surface area contributed by atoms with E-state index in [-0.39, 0.29) is 17.1 Å². The quantitative estimate of drug-likeness (QED) is 0.376. The van der Waals surface area contributed by atoms with E-state index in [0.29, 0.717) is 10.6 Å². The highest BCUT2D eigenvalue weighted by Crippen LogP contribution is 2.28. The fourth-order valence-electron chi connectivity index (χ4n) is 1.08. The Kier molecular flexibility index (Phi) is 4.35. The van der Waals surface area contributed by atoms with Gasteiger partial charge < -0.3 is 5.73 Å². The predicted octanol–water partition coefficient (Wildman–Crippen LogP) is 1.31. The molecule has 1 rings (SSSR count). The summed E-state index contributed by atoms with van der Waals surface area (Å²) < 4.78 is 21.8. The average Bonchev–Trinajstić information content (AvgIpc) is 2.18. The van der Waals surface area contributed by atoms with Gasteiger partial charge >= 0.3 is 0 Å². The van der Waals surface area contributed by atoms with E-state index in [4.69, 9.17) is 5.73 Å². The second-order valence-corrected chi connectivity index (χ2v) is 6.85. The molecule has 0 aromatic heterocycles. The Labute approximate surface area is 103 Å². The molecule has 1 aromatic carbocycles. The van der Waals surface area contributed by atoms with Crippen molar-refractivity contribution in [1.29, 1.82) is 0 Å². The number of anilines is 1. The maximum atomic E-state index is 10.9. The number of hydrogen-bond donors (Lipinski definition) is 1. The number of nitro groups is 1. The van der Waals surface area contributed by atoms with E-state index < -0.39 is 14.8 Å². The summed E-state index contributed by atoms with van der Waals surface area (Å²) in [6.45, 7) is 0. The summed E-state index contributed by atoms with van der Waals surface area (Å²) in [5.41, 5.74) is 5.85. The normalized spacial score (nSPS) is 11.4. The number of sulfone groups is 1.